The third-order valence-corrected chi connectivity index (χ3v) is 3.47. The SMILES string of the molecule is Nc1ccc(-c2cnn(-c3cccc4nccn34)c2)cc1. The second-order valence-electron chi connectivity index (χ2n) is 4.84. The fourth-order valence-electron chi connectivity index (χ4n) is 2.39. The standard InChI is InChI=1S/C16H13N5/c17-14-6-4-12(5-7-14)13-10-19-21(11-13)16-3-1-2-15-18-8-9-20(15)16/h1-11H,17H2. The molecule has 4 aromatic rings. The summed E-state index contributed by atoms with van der Waals surface area (Å²) in [5.41, 5.74) is 9.52. The molecule has 0 aliphatic rings. The number of benzene rings is 1. The van der Waals surface area contributed by atoms with Crippen molar-refractivity contribution in [1.82, 2.24) is 19.2 Å². The average Bonchev–Trinajstić information content (AvgIpc) is 3.16. The minimum atomic E-state index is 0.759. The van der Waals surface area contributed by atoms with Gasteiger partial charge in [0.15, 0.2) is 0 Å². The lowest BCUT2D eigenvalue weighted by Gasteiger charge is -2.04. The van der Waals surface area contributed by atoms with Crippen LogP contribution in [0.1, 0.15) is 0 Å². The molecule has 0 aliphatic carbocycles. The molecule has 0 fully saturated rings. The fraction of sp³-hybridized carbons (Fsp3) is 0. The lowest BCUT2D eigenvalue weighted by atomic mass is 10.1. The van der Waals surface area contributed by atoms with E-state index in [0.29, 0.717) is 0 Å². The Bertz CT molecular complexity index is 902. The molecule has 0 radical (unpaired) electrons. The number of fused-ring (bicyclic) bond motifs is 1. The Balaban J connectivity index is 1.81. The summed E-state index contributed by atoms with van der Waals surface area (Å²) < 4.78 is 3.85. The van der Waals surface area contributed by atoms with Gasteiger partial charge in [0.2, 0.25) is 0 Å². The van der Waals surface area contributed by atoms with Crippen LogP contribution in [0.3, 0.4) is 0 Å². The predicted octanol–water partition coefficient (Wildman–Crippen LogP) is 2.77. The van der Waals surface area contributed by atoms with Gasteiger partial charge in [-0.1, -0.05) is 18.2 Å². The monoisotopic (exact) mass is 275 g/mol. The number of pyridine rings is 1. The van der Waals surface area contributed by atoms with Crippen molar-refractivity contribution >= 4 is 11.3 Å². The van der Waals surface area contributed by atoms with Crippen LogP contribution < -0.4 is 5.73 Å². The first-order valence-corrected chi connectivity index (χ1v) is 6.64. The summed E-state index contributed by atoms with van der Waals surface area (Å²) in [6, 6.07) is 13.7. The quantitative estimate of drug-likeness (QED) is 0.572. The highest BCUT2D eigenvalue weighted by atomic mass is 15.3. The maximum atomic E-state index is 5.72. The first kappa shape index (κ1) is 11.7. The number of aromatic nitrogens is 4. The molecular formula is C16H13N5. The van der Waals surface area contributed by atoms with Crippen LogP contribution in [-0.4, -0.2) is 19.2 Å². The lowest BCUT2D eigenvalue weighted by Crippen LogP contribution is -2.01. The molecule has 0 bridgehead atoms. The molecule has 4 rings (SSSR count). The van der Waals surface area contributed by atoms with Crippen molar-refractivity contribution in [2.24, 2.45) is 0 Å². The van der Waals surface area contributed by atoms with E-state index in [0.717, 1.165) is 28.3 Å². The van der Waals surface area contributed by atoms with E-state index in [9.17, 15) is 0 Å². The first-order chi connectivity index (χ1) is 10.3. The molecule has 0 saturated carbocycles. The third-order valence-electron chi connectivity index (χ3n) is 3.47. The number of hydrogen-bond donors (Lipinski definition) is 1. The molecule has 5 nitrogen and oxygen atoms in total. The highest BCUT2D eigenvalue weighted by molar-refractivity contribution is 5.64. The smallest absolute Gasteiger partial charge is 0.139 e. The molecule has 0 spiro atoms. The van der Waals surface area contributed by atoms with Gasteiger partial charge in [-0.3, -0.25) is 4.40 Å². The lowest BCUT2D eigenvalue weighted by molar-refractivity contribution is 0.830. The molecule has 1 aromatic carbocycles. The van der Waals surface area contributed by atoms with Crippen molar-refractivity contribution in [2.45, 2.75) is 0 Å². The third kappa shape index (κ3) is 1.95. The molecule has 0 amide bonds. The molecule has 0 atom stereocenters. The zero-order chi connectivity index (χ0) is 14.2. The van der Waals surface area contributed by atoms with Crippen molar-refractivity contribution in [3.8, 4) is 16.9 Å². The van der Waals surface area contributed by atoms with Crippen LogP contribution in [0, 0.1) is 0 Å². The van der Waals surface area contributed by atoms with Crippen molar-refractivity contribution < 1.29 is 0 Å². The topological polar surface area (TPSA) is 61.1 Å². The molecule has 0 saturated heterocycles. The van der Waals surface area contributed by atoms with Gasteiger partial charge in [0.05, 0.1) is 6.20 Å². The number of imidazole rings is 1. The van der Waals surface area contributed by atoms with Gasteiger partial charge in [-0.15, -0.1) is 0 Å². The van der Waals surface area contributed by atoms with Crippen molar-refractivity contribution in [3.05, 3.63) is 67.3 Å². The minimum Gasteiger partial charge on any atom is -0.399 e. The summed E-state index contributed by atoms with van der Waals surface area (Å²) in [6.45, 7) is 0. The van der Waals surface area contributed by atoms with Crippen LogP contribution in [0.5, 0.6) is 0 Å². The number of nitrogen functional groups attached to an aromatic ring is 1. The van der Waals surface area contributed by atoms with Gasteiger partial charge in [-0.25, -0.2) is 9.67 Å². The Hall–Kier alpha value is -3.08. The van der Waals surface area contributed by atoms with E-state index in [2.05, 4.69) is 10.1 Å². The van der Waals surface area contributed by atoms with E-state index in [4.69, 9.17) is 5.73 Å². The summed E-state index contributed by atoms with van der Waals surface area (Å²) in [5.74, 6) is 0.951. The van der Waals surface area contributed by atoms with Crippen LogP contribution in [-0.2, 0) is 0 Å². The van der Waals surface area contributed by atoms with Crippen LogP contribution in [0.4, 0.5) is 5.69 Å². The summed E-state index contributed by atoms with van der Waals surface area (Å²) >= 11 is 0. The number of nitrogens with zero attached hydrogens (tertiary/aromatic N) is 4. The van der Waals surface area contributed by atoms with E-state index < -0.39 is 0 Å². The van der Waals surface area contributed by atoms with Crippen molar-refractivity contribution in [2.75, 3.05) is 5.73 Å². The molecule has 0 unspecified atom stereocenters. The number of rotatable bonds is 2. The molecule has 3 heterocycles. The van der Waals surface area contributed by atoms with Crippen molar-refractivity contribution in [3.63, 3.8) is 0 Å². The number of anilines is 1. The molecule has 21 heavy (non-hydrogen) atoms. The van der Waals surface area contributed by atoms with E-state index >= 15 is 0 Å². The average molecular weight is 275 g/mol. The van der Waals surface area contributed by atoms with E-state index in [1.807, 2.05) is 70.1 Å². The van der Waals surface area contributed by atoms with E-state index in [-0.39, 0.29) is 0 Å². The summed E-state index contributed by atoms with van der Waals surface area (Å²) in [6.07, 6.45) is 7.56. The molecular weight excluding hydrogens is 262 g/mol. The van der Waals surface area contributed by atoms with Gasteiger partial charge in [0.25, 0.3) is 0 Å². The maximum Gasteiger partial charge on any atom is 0.139 e. The van der Waals surface area contributed by atoms with E-state index in [1.54, 1.807) is 6.20 Å². The Kier molecular flexibility index (Phi) is 2.50. The summed E-state index contributed by atoms with van der Waals surface area (Å²) in [7, 11) is 0. The Morgan fingerprint density at radius 3 is 2.67 bits per heavy atom. The molecule has 5 heteroatoms. The zero-order valence-corrected chi connectivity index (χ0v) is 11.2. The molecule has 3 aromatic heterocycles. The van der Waals surface area contributed by atoms with E-state index in [1.165, 1.54) is 0 Å². The van der Waals surface area contributed by atoms with Gasteiger partial charge < -0.3 is 5.73 Å². The van der Waals surface area contributed by atoms with Crippen LogP contribution in [0.2, 0.25) is 0 Å². The number of nitrogens with two attached hydrogens (primary N) is 1. The molecule has 0 aliphatic heterocycles. The van der Waals surface area contributed by atoms with Crippen LogP contribution >= 0.6 is 0 Å². The summed E-state index contributed by atoms with van der Waals surface area (Å²) in [4.78, 5) is 4.29. The Morgan fingerprint density at radius 2 is 1.81 bits per heavy atom. The van der Waals surface area contributed by atoms with Gasteiger partial charge in [0, 0.05) is 29.8 Å². The maximum absolute atomic E-state index is 5.72. The molecule has 102 valence electrons. The Labute approximate surface area is 121 Å². The zero-order valence-electron chi connectivity index (χ0n) is 11.2. The van der Waals surface area contributed by atoms with Gasteiger partial charge >= 0.3 is 0 Å². The van der Waals surface area contributed by atoms with Gasteiger partial charge in [-0.05, 0) is 29.8 Å². The van der Waals surface area contributed by atoms with Gasteiger partial charge in [0.1, 0.15) is 11.5 Å². The summed E-state index contributed by atoms with van der Waals surface area (Å²) in [5, 5.41) is 4.45. The van der Waals surface area contributed by atoms with Crippen molar-refractivity contribution in [1.29, 1.82) is 0 Å². The largest absolute Gasteiger partial charge is 0.399 e. The predicted molar refractivity (Wildman–Crippen MR) is 82.2 cm³/mol. The highest BCUT2D eigenvalue weighted by Gasteiger charge is 2.06. The highest BCUT2D eigenvalue weighted by Crippen LogP contribution is 2.21. The Morgan fingerprint density at radius 1 is 0.952 bits per heavy atom. The second kappa shape index (κ2) is 4.49. The normalized spacial score (nSPS) is 11.0. The molecule has 2 N–H and O–H groups in total. The second-order valence-corrected chi connectivity index (χ2v) is 4.84. The first-order valence-electron chi connectivity index (χ1n) is 6.64. The van der Waals surface area contributed by atoms with Crippen LogP contribution in [0.15, 0.2) is 67.3 Å². The minimum absolute atomic E-state index is 0.759. The number of hydrogen-bond acceptors (Lipinski definition) is 3. The fourth-order valence-corrected chi connectivity index (χ4v) is 2.39. The van der Waals surface area contributed by atoms with Crippen LogP contribution in [0.25, 0.3) is 22.6 Å². The van der Waals surface area contributed by atoms with Gasteiger partial charge in [-0.2, -0.15) is 5.10 Å².